The molecule has 7 heteroatoms. The monoisotopic (exact) mass is 382 g/mol. The molecule has 0 saturated carbocycles. The van der Waals surface area contributed by atoms with E-state index in [0.29, 0.717) is 16.9 Å². The van der Waals surface area contributed by atoms with Crippen LogP contribution in [0.4, 0.5) is 11.4 Å². The smallest absolute Gasteiger partial charge is 0.255 e. The molecular weight excluding hydrogens is 364 g/mol. The van der Waals surface area contributed by atoms with Crippen LogP contribution in [0.2, 0.25) is 0 Å². The second-order valence-corrected chi connectivity index (χ2v) is 6.28. The van der Waals surface area contributed by atoms with E-state index in [2.05, 4.69) is 15.7 Å². The van der Waals surface area contributed by atoms with Gasteiger partial charge in [0.2, 0.25) is 5.91 Å². The second-order valence-electron chi connectivity index (χ2n) is 6.01. The number of hydrogen-bond donors (Lipinski definition) is 2. The molecule has 1 heterocycles. The molecule has 0 aliphatic carbocycles. The first-order valence-corrected chi connectivity index (χ1v) is 8.92. The minimum atomic E-state index is -0.329. The first-order chi connectivity index (χ1) is 13.0. The van der Waals surface area contributed by atoms with Gasteiger partial charge < -0.3 is 10.6 Å². The highest BCUT2D eigenvalue weighted by Crippen LogP contribution is 2.23. The number of rotatable bonds is 5. The van der Waals surface area contributed by atoms with Crippen molar-refractivity contribution < 1.29 is 9.59 Å². The van der Waals surface area contributed by atoms with Crippen LogP contribution in [-0.4, -0.2) is 27.5 Å². The van der Waals surface area contributed by atoms with Crippen molar-refractivity contribution in [3.05, 3.63) is 71.5 Å². The fraction of sp³-hybridized carbons (Fsp3) is 0.150. The maximum atomic E-state index is 12.7. The Bertz CT molecular complexity index is 983. The minimum Gasteiger partial charge on any atom is -0.325 e. The third-order valence-corrected chi connectivity index (χ3v) is 4.30. The molecule has 1 aromatic heterocycles. The van der Waals surface area contributed by atoms with Gasteiger partial charge >= 0.3 is 0 Å². The predicted molar refractivity (Wildman–Crippen MR) is 107 cm³/mol. The molecule has 3 aromatic rings. The Morgan fingerprint density at radius 3 is 2.48 bits per heavy atom. The van der Waals surface area contributed by atoms with E-state index in [-0.39, 0.29) is 17.7 Å². The van der Waals surface area contributed by atoms with Crippen molar-refractivity contribution in [2.45, 2.75) is 13.8 Å². The molecule has 2 aromatic carbocycles. The van der Waals surface area contributed by atoms with Gasteiger partial charge in [-0.05, 0) is 44.2 Å². The summed E-state index contributed by atoms with van der Waals surface area (Å²) in [5.74, 6) is -0.756. The Hall–Kier alpha value is -3.12. The lowest BCUT2D eigenvalue weighted by molar-refractivity contribution is -0.113. The summed E-state index contributed by atoms with van der Waals surface area (Å²) < 4.78 is 1.79. The summed E-state index contributed by atoms with van der Waals surface area (Å²) in [4.78, 5) is 24.1. The fourth-order valence-corrected chi connectivity index (χ4v) is 2.83. The molecule has 27 heavy (non-hydrogen) atoms. The number of aryl methyl sites for hydroxylation is 1. The SMILES string of the molecule is Cc1nn(-c2ccccc2)c(C)c1NC(=O)c1cccc(NC(=O)CCl)c1. The van der Waals surface area contributed by atoms with E-state index in [0.717, 1.165) is 17.1 Å². The summed E-state index contributed by atoms with van der Waals surface area (Å²) in [5.41, 5.74) is 4.08. The van der Waals surface area contributed by atoms with Crippen molar-refractivity contribution >= 4 is 34.8 Å². The predicted octanol–water partition coefficient (Wildman–Crippen LogP) is 3.92. The lowest BCUT2D eigenvalue weighted by Crippen LogP contribution is -2.15. The van der Waals surface area contributed by atoms with E-state index in [1.54, 1.807) is 28.9 Å². The van der Waals surface area contributed by atoms with Crippen LogP contribution in [0.15, 0.2) is 54.6 Å². The van der Waals surface area contributed by atoms with E-state index in [4.69, 9.17) is 11.6 Å². The Morgan fingerprint density at radius 2 is 1.78 bits per heavy atom. The molecule has 0 spiro atoms. The van der Waals surface area contributed by atoms with Crippen LogP contribution in [0.5, 0.6) is 0 Å². The van der Waals surface area contributed by atoms with Crippen molar-refractivity contribution in [2.75, 3.05) is 16.5 Å². The van der Waals surface area contributed by atoms with Crippen LogP contribution in [0.25, 0.3) is 5.69 Å². The molecule has 0 aliphatic heterocycles. The van der Waals surface area contributed by atoms with E-state index >= 15 is 0 Å². The van der Waals surface area contributed by atoms with E-state index in [9.17, 15) is 9.59 Å². The minimum absolute atomic E-state index is 0.145. The number of nitrogens with zero attached hydrogens (tertiary/aromatic N) is 2. The van der Waals surface area contributed by atoms with Crippen LogP contribution in [0.3, 0.4) is 0 Å². The molecule has 138 valence electrons. The van der Waals surface area contributed by atoms with Gasteiger partial charge in [-0.2, -0.15) is 5.10 Å². The van der Waals surface area contributed by atoms with Crippen LogP contribution in [-0.2, 0) is 4.79 Å². The summed E-state index contributed by atoms with van der Waals surface area (Å²) >= 11 is 5.50. The highest BCUT2D eigenvalue weighted by atomic mass is 35.5. The Morgan fingerprint density at radius 1 is 1.04 bits per heavy atom. The topological polar surface area (TPSA) is 76.0 Å². The zero-order valence-electron chi connectivity index (χ0n) is 15.0. The third-order valence-electron chi connectivity index (χ3n) is 4.06. The van der Waals surface area contributed by atoms with Crippen molar-refractivity contribution in [3.63, 3.8) is 0 Å². The average molecular weight is 383 g/mol. The number of nitrogens with one attached hydrogen (secondary N) is 2. The highest BCUT2D eigenvalue weighted by Gasteiger charge is 2.16. The molecule has 6 nitrogen and oxygen atoms in total. The highest BCUT2D eigenvalue weighted by molar-refractivity contribution is 6.29. The van der Waals surface area contributed by atoms with Gasteiger partial charge in [-0.3, -0.25) is 9.59 Å². The van der Waals surface area contributed by atoms with Gasteiger partial charge in [0.25, 0.3) is 5.91 Å². The Labute approximate surface area is 162 Å². The molecule has 0 unspecified atom stereocenters. The number of hydrogen-bond acceptors (Lipinski definition) is 3. The number of para-hydroxylation sites is 1. The van der Waals surface area contributed by atoms with E-state index in [1.165, 1.54) is 0 Å². The maximum Gasteiger partial charge on any atom is 0.255 e. The van der Waals surface area contributed by atoms with Crippen LogP contribution >= 0.6 is 11.6 Å². The summed E-state index contributed by atoms with van der Waals surface area (Å²) in [6.45, 7) is 3.75. The number of alkyl halides is 1. The van der Waals surface area contributed by atoms with Gasteiger partial charge in [0.15, 0.2) is 0 Å². The number of halogens is 1. The fourth-order valence-electron chi connectivity index (χ4n) is 2.76. The lowest BCUT2D eigenvalue weighted by atomic mass is 10.1. The normalized spacial score (nSPS) is 10.5. The van der Waals surface area contributed by atoms with Gasteiger partial charge in [-0.15, -0.1) is 11.6 Å². The first-order valence-electron chi connectivity index (χ1n) is 8.38. The van der Waals surface area contributed by atoms with E-state index in [1.807, 2.05) is 44.2 Å². The molecule has 2 N–H and O–H groups in total. The molecule has 0 fully saturated rings. The molecule has 2 amide bonds. The molecule has 0 saturated heterocycles. The average Bonchev–Trinajstić information content (AvgIpc) is 2.97. The van der Waals surface area contributed by atoms with Crippen LogP contribution < -0.4 is 10.6 Å². The largest absolute Gasteiger partial charge is 0.325 e. The summed E-state index contributed by atoms with van der Waals surface area (Å²) in [5, 5.41) is 10.1. The summed E-state index contributed by atoms with van der Waals surface area (Å²) in [6, 6.07) is 16.4. The third kappa shape index (κ3) is 4.17. The molecule has 0 bridgehead atoms. The number of anilines is 2. The van der Waals surface area contributed by atoms with Gasteiger partial charge in [0.1, 0.15) is 5.88 Å². The number of carbonyl (C=O) groups is 2. The number of carbonyl (C=O) groups excluding carboxylic acids is 2. The van der Waals surface area contributed by atoms with E-state index < -0.39 is 0 Å². The molecule has 0 radical (unpaired) electrons. The first kappa shape index (κ1) is 18.7. The van der Waals surface area contributed by atoms with Crippen molar-refractivity contribution in [1.29, 1.82) is 0 Å². The summed E-state index contributed by atoms with van der Waals surface area (Å²) in [7, 11) is 0. The summed E-state index contributed by atoms with van der Waals surface area (Å²) in [6.07, 6.45) is 0. The Balaban J connectivity index is 1.84. The molecule has 0 aliphatic rings. The standard InChI is InChI=1S/C20H19ClN4O2/c1-13-19(14(2)25(24-13)17-9-4-3-5-10-17)23-20(27)15-7-6-8-16(11-15)22-18(26)12-21/h3-11H,12H2,1-2H3,(H,22,26)(H,23,27). The van der Waals surface area contributed by atoms with Gasteiger partial charge in [0.05, 0.1) is 22.8 Å². The van der Waals surface area contributed by atoms with Crippen LogP contribution in [0.1, 0.15) is 21.7 Å². The maximum absolute atomic E-state index is 12.7. The number of benzene rings is 2. The molecule has 0 atom stereocenters. The number of aromatic nitrogens is 2. The molecule has 3 rings (SSSR count). The van der Waals surface area contributed by atoms with Gasteiger partial charge in [-0.25, -0.2) is 4.68 Å². The van der Waals surface area contributed by atoms with Crippen molar-refractivity contribution in [3.8, 4) is 5.69 Å². The van der Waals surface area contributed by atoms with Crippen LogP contribution in [0, 0.1) is 13.8 Å². The van der Waals surface area contributed by atoms with Crippen molar-refractivity contribution in [1.82, 2.24) is 9.78 Å². The Kier molecular flexibility index (Phi) is 5.57. The zero-order chi connectivity index (χ0) is 19.4. The quantitative estimate of drug-likeness (QED) is 0.656. The lowest BCUT2D eigenvalue weighted by Gasteiger charge is -2.09. The number of amides is 2. The van der Waals surface area contributed by atoms with Crippen molar-refractivity contribution in [2.24, 2.45) is 0 Å². The zero-order valence-corrected chi connectivity index (χ0v) is 15.7. The van der Waals surface area contributed by atoms with Gasteiger partial charge in [0, 0.05) is 11.3 Å². The molecular formula is C20H19ClN4O2. The van der Waals surface area contributed by atoms with Gasteiger partial charge in [-0.1, -0.05) is 24.3 Å². The second kappa shape index (κ2) is 8.05.